The van der Waals surface area contributed by atoms with E-state index in [1.54, 1.807) is 5.84 Å². The molecule has 0 aromatic heterocycles. The third-order valence-electron chi connectivity index (χ3n) is 9.96. The van der Waals surface area contributed by atoms with Crippen LogP contribution in [0.5, 0.6) is 0 Å². The standard InChI is InChI=1S/C40H80N2/c1-5-9-13-17-20-22-24-26-30-34-40-41(35-31-27-25-23-21-18-14-10-6-2)36-39-42(40,37-32-28-16-12-8-4)38-33-29-19-15-11-7-3/h36,39H,5-35,37-38H2,1-4H3/q+2. The highest BCUT2D eigenvalue weighted by molar-refractivity contribution is 5.72. The molecule has 248 valence electrons. The van der Waals surface area contributed by atoms with Gasteiger partial charge in [0, 0.05) is 6.42 Å². The van der Waals surface area contributed by atoms with Crippen molar-refractivity contribution in [1.29, 1.82) is 0 Å². The Labute approximate surface area is 266 Å². The number of nitrogens with zero attached hydrogens (tertiary/aromatic N) is 2. The summed E-state index contributed by atoms with van der Waals surface area (Å²) in [5.41, 5.74) is 0. The van der Waals surface area contributed by atoms with Crippen molar-refractivity contribution in [3.05, 3.63) is 12.4 Å². The highest BCUT2D eigenvalue weighted by Crippen LogP contribution is 2.26. The van der Waals surface area contributed by atoms with Gasteiger partial charge in [0.1, 0.15) is 0 Å². The summed E-state index contributed by atoms with van der Waals surface area (Å²) in [5.74, 6) is 1.78. The van der Waals surface area contributed by atoms with Crippen molar-refractivity contribution in [3.8, 4) is 0 Å². The zero-order valence-electron chi connectivity index (χ0n) is 29.9. The molecule has 0 saturated carbocycles. The SMILES string of the molecule is CCCCCCCCCCCC1=[N+](CCCCCCCCCCC)C=C[N+]1(CCCCCCC)CCCCCCCC. The largest absolute Gasteiger partial charge is 0.348 e. The van der Waals surface area contributed by atoms with Gasteiger partial charge in [-0.3, -0.25) is 0 Å². The number of amidine groups is 1. The normalized spacial score (nSPS) is 16.8. The molecule has 2 heteroatoms. The average Bonchev–Trinajstić information content (AvgIpc) is 3.33. The predicted molar refractivity (Wildman–Crippen MR) is 190 cm³/mol. The second kappa shape index (κ2) is 29.1. The maximum atomic E-state index is 2.76. The maximum Gasteiger partial charge on any atom is 0.348 e. The van der Waals surface area contributed by atoms with Crippen molar-refractivity contribution in [2.45, 2.75) is 220 Å². The Morgan fingerprint density at radius 2 is 0.738 bits per heavy atom. The summed E-state index contributed by atoms with van der Waals surface area (Å²) >= 11 is 0. The van der Waals surface area contributed by atoms with Gasteiger partial charge < -0.3 is 0 Å². The first-order valence-corrected chi connectivity index (χ1v) is 19.9. The van der Waals surface area contributed by atoms with Gasteiger partial charge in [-0.1, -0.05) is 169 Å². The van der Waals surface area contributed by atoms with E-state index in [-0.39, 0.29) is 0 Å². The van der Waals surface area contributed by atoms with Crippen LogP contribution >= 0.6 is 0 Å². The Bertz CT molecular complexity index is 636. The van der Waals surface area contributed by atoms with E-state index in [1.165, 1.54) is 217 Å². The Morgan fingerprint density at radius 3 is 1.14 bits per heavy atom. The van der Waals surface area contributed by atoms with Crippen molar-refractivity contribution < 1.29 is 9.06 Å². The fourth-order valence-corrected chi connectivity index (χ4v) is 7.08. The Balaban J connectivity index is 2.74. The van der Waals surface area contributed by atoms with E-state index in [9.17, 15) is 0 Å². The maximum absolute atomic E-state index is 2.76. The summed E-state index contributed by atoms with van der Waals surface area (Å²) in [4.78, 5) is 0. The van der Waals surface area contributed by atoms with Gasteiger partial charge in [0.25, 0.3) is 0 Å². The fraction of sp³-hybridized carbons (Fsp3) is 0.925. The second-order valence-corrected chi connectivity index (χ2v) is 14.0. The van der Waals surface area contributed by atoms with E-state index in [4.69, 9.17) is 0 Å². The lowest BCUT2D eigenvalue weighted by Gasteiger charge is -2.29. The summed E-state index contributed by atoms with van der Waals surface area (Å²) in [6, 6.07) is 0. The summed E-state index contributed by atoms with van der Waals surface area (Å²) in [6.07, 6.45) is 47.7. The van der Waals surface area contributed by atoms with Gasteiger partial charge in [-0.25, -0.2) is 4.48 Å². The molecule has 0 aromatic rings. The lowest BCUT2D eigenvalue weighted by atomic mass is 10.0. The lowest BCUT2D eigenvalue weighted by Crippen LogP contribution is -2.50. The van der Waals surface area contributed by atoms with E-state index < -0.39 is 0 Å². The van der Waals surface area contributed by atoms with Crippen molar-refractivity contribution in [2.75, 3.05) is 19.6 Å². The molecule has 0 N–H and O–H groups in total. The van der Waals surface area contributed by atoms with Crippen LogP contribution in [0.3, 0.4) is 0 Å². The molecule has 1 aliphatic rings. The lowest BCUT2D eigenvalue weighted by molar-refractivity contribution is -0.801. The van der Waals surface area contributed by atoms with Crippen LogP contribution in [0.1, 0.15) is 220 Å². The molecule has 0 radical (unpaired) electrons. The minimum absolute atomic E-state index is 1.20. The molecule has 1 aliphatic heterocycles. The molecular weight excluding hydrogens is 508 g/mol. The van der Waals surface area contributed by atoms with E-state index in [2.05, 4.69) is 44.7 Å². The molecule has 0 bridgehead atoms. The first-order valence-electron chi connectivity index (χ1n) is 19.9. The zero-order chi connectivity index (χ0) is 30.4. The van der Waals surface area contributed by atoms with E-state index >= 15 is 0 Å². The third-order valence-corrected chi connectivity index (χ3v) is 9.96. The smallest absolute Gasteiger partial charge is 0.209 e. The highest BCUT2D eigenvalue weighted by Gasteiger charge is 2.42. The molecule has 0 aliphatic carbocycles. The van der Waals surface area contributed by atoms with Crippen molar-refractivity contribution in [1.82, 2.24) is 0 Å². The van der Waals surface area contributed by atoms with E-state index in [0.29, 0.717) is 0 Å². The van der Waals surface area contributed by atoms with Crippen LogP contribution in [-0.4, -0.2) is 34.5 Å². The molecular formula is C40H80N2+2. The molecule has 42 heavy (non-hydrogen) atoms. The van der Waals surface area contributed by atoms with Crippen molar-refractivity contribution in [2.24, 2.45) is 0 Å². The van der Waals surface area contributed by atoms with Crippen LogP contribution in [-0.2, 0) is 0 Å². The molecule has 0 aromatic carbocycles. The first kappa shape index (κ1) is 39.4. The topological polar surface area (TPSA) is 3.01 Å². The Morgan fingerprint density at radius 1 is 0.405 bits per heavy atom. The molecule has 1 heterocycles. The van der Waals surface area contributed by atoms with Gasteiger partial charge in [-0.05, 0) is 38.5 Å². The van der Waals surface area contributed by atoms with Crippen LogP contribution in [0.25, 0.3) is 0 Å². The zero-order valence-corrected chi connectivity index (χ0v) is 29.9. The van der Waals surface area contributed by atoms with E-state index in [1.807, 2.05) is 0 Å². The summed E-state index contributed by atoms with van der Waals surface area (Å²) < 4.78 is 3.96. The second-order valence-electron chi connectivity index (χ2n) is 14.0. The van der Waals surface area contributed by atoms with Gasteiger partial charge in [0.05, 0.1) is 19.5 Å². The average molecular weight is 589 g/mol. The van der Waals surface area contributed by atoms with Gasteiger partial charge in [0.15, 0.2) is 12.7 Å². The number of quaternary nitrogens is 1. The van der Waals surface area contributed by atoms with E-state index in [0.717, 1.165) is 0 Å². The van der Waals surface area contributed by atoms with Crippen LogP contribution in [0, 0.1) is 0 Å². The molecule has 1 unspecified atom stereocenters. The Hall–Kier alpha value is -0.630. The first-order chi connectivity index (χ1) is 20.7. The van der Waals surface area contributed by atoms with Crippen LogP contribution in [0.4, 0.5) is 0 Å². The minimum atomic E-state index is 1.20. The number of hydrogen-bond acceptors (Lipinski definition) is 0. The fourth-order valence-electron chi connectivity index (χ4n) is 7.08. The van der Waals surface area contributed by atoms with Crippen LogP contribution < -0.4 is 0 Å². The minimum Gasteiger partial charge on any atom is -0.209 e. The molecule has 0 saturated heterocycles. The van der Waals surface area contributed by atoms with Gasteiger partial charge in [-0.15, -0.1) is 0 Å². The molecule has 2 nitrogen and oxygen atoms in total. The van der Waals surface area contributed by atoms with Crippen LogP contribution in [0.2, 0.25) is 0 Å². The molecule has 1 atom stereocenters. The molecule has 0 spiro atoms. The summed E-state index contributed by atoms with van der Waals surface area (Å²) in [5, 5.41) is 0. The Kier molecular flexibility index (Phi) is 27.3. The molecule has 1 rings (SSSR count). The number of unbranched alkanes of at least 4 members (excludes halogenated alkanes) is 25. The van der Waals surface area contributed by atoms with Crippen molar-refractivity contribution in [3.63, 3.8) is 0 Å². The summed E-state index contributed by atoms with van der Waals surface area (Å²) in [6.45, 7) is 13.3. The van der Waals surface area contributed by atoms with Gasteiger partial charge >= 0.3 is 5.84 Å². The predicted octanol–water partition coefficient (Wildman–Crippen LogP) is 13.5. The molecule has 0 amide bonds. The van der Waals surface area contributed by atoms with Crippen LogP contribution in [0.15, 0.2) is 12.4 Å². The van der Waals surface area contributed by atoms with Crippen molar-refractivity contribution >= 4 is 5.84 Å². The third kappa shape index (κ3) is 19.6. The summed E-state index contributed by atoms with van der Waals surface area (Å²) in [7, 11) is 0. The molecule has 0 fully saturated rings. The van der Waals surface area contributed by atoms with Gasteiger partial charge in [0.2, 0.25) is 6.20 Å². The monoisotopic (exact) mass is 589 g/mol. The van der Waals surface area contributed by atoms with Gasteiger partial charge in [-0.2, -0.15) is 4.58 Å². The quantitative estimate of drug-likeness (QED) is 0.0407. The number of rotatable bonds is 33. The highest BCUT2D eigenvalue weighted by atomic mass is 15.4. The number of hydrogen-bond donors (Lipinski definition) is 0.